The van der Waals surface area contributed by atoms with Crippen molar-refractivity contribution >= 4 is 22.4 Å². The van der Waals surface area contributed by atoms with Gasteiger partial charge in [0.1, 0.15) is 0 Å². The van der Waals surface area contributed by atoms with Crippen LogP contribution in [0.25, 0.3) is 0 Å². The van der Waals surface area contributed by atoms with Gasteiger partial charge < -0.3 is 5.32 Å². The molecule has 2 aromatic rings. The van der Waals surface area contributed by atoms with Crippen LogP contribution in [0.5, 0.6) is 0 Å². The number of alkyl halides is 3. The van der Waals surface area contributed by atoms with Gasteiger partial charge in [-0.3, -0.25) is 4.79 Å². The Balaban J connectivity index is 1.66. The van der Waals surface area contributed by atoms with Gasteiger partial charge in [-0.05, 0) is 24.0 Å². The maximum absolute atomic E-state index is 12.7. The zero-order chi connectivity index (χ0) is 16.6. The Labute approximate surface area is 135 Å². The fraction of sp³-hybridized carbons (Fsp3) is 0.375. The summed E-state index contributed by atoms with van der Waals surface area (Å²) in [6.07, 6.45) is -1.49. The number of anilines is 1. The van der Waals surface area contributed by atoms with Crippen LogP contribution in [0, 0.1) is 11.8 Å². The molecule has 2 unspecified atom stereocenters. The minimum Gasteiger partial charge on any atom is -0.302 e. The normalized spacial score (nSPS) is 20.3. The van der Waals surface area contributed by atoms with Crippen molar-refractivity contribution in [3.8, 4) is 0 Å². The predicted octanol–water partition coefficient (Wildman–Crippen LogP) is 4.35. The van der Waals surface area contributed by atoms with Crippen molar-refractivity contribution in [2.24, 2.45) is 11.8 Å². The second kappa shape index (κ2) is 5.96. The molecule has 0 spiro atoms. The molecule has 1 aliphatic rings. The maximum atomic E-state index is 12.7. The van der Waals surface area contributed by atoms with Crippen LogP contribution in [0.3, 0.4) is 0 Å². The molecule has 1 fully saturated rings. The Morgan fingerprint density at radius 2 is 2.17 bits per heavy atom. The zero-order valence-electron chi connectivity index (χ0n) is 12.4. The number of amides is 1. The topological polar surface area (TPSA) is 42.0 Å². The van der Waals surface area contributed by atoms with E-state index in [1.165, 1.54) is 17.4 Å². The van der Waals surface area contributed by atoms with Crippen LogP contribution in [0.15, 0.2) is 30.5 Å². The third kappa shape index (κ3) is 3.90. The van der Waals surface area contributed by atoms with Crippen molar-refractivity contribution < 1.29 is 18.0 Å². The Hall–Kier alpha value is -1.89. The molecule has 1 N–H and O–H groups in total. The molecule has 3 rings (SSSR count). The molecule has 0 saturated heterocycles. The lowest BCUT2D eigenvalue weighted by Gasteiger charge is -2.07. The lowest BCUT2D eigenvalue weighted by molar-refractivity contribution is -0.137. The van der Waals surface area contributed by atoms with Gasteiger partial charge in [0, 0.05) is 23.4 Å². The third-order valence-corrected chi connectivity index (χ3v) is 4.78. The van der Waals surface area contributed by atoms with Gasteiger partial charge >= 0.3 is 6.18 Å². The molecule has 1 saturated carbocycles. The van der Waals surface area contributed by atoms with Gasteiger partial charge in [0.2, 0.25) is 5.91 Å². The van der Waals surface area contributed by atoms with E-state index in [9.17, 15) is 18.0 Å². The van der Waals surface area contributed by atoms with Crippen LogP contribution in [-0.2, 0) is 17.4 Å². The van der Waals surface area contributed by atoms with Gasteiger partial charge in [-0.15, -0.1) is 11.3 Å². The number of halogens is 3. The Morgan fingerprint density at radius 3 is 2.83 bits per heavy atom. The summed E-state index contributed by atoms with van der Waals surface area (Å²) in [4.78, 5) is 16.8. The molecular weight excluding hydrogens is 325 g/mol. The van der Waals surface area contributed by atoms with E-state index < -0.39 is 11.7 Å². The molecule has 122 valence electrons. The first kappa shape index (κ1) is 16.0. The van der Waals surface area contributed by atoms with Crippen molar-refractivity contribution in [3.63, 3.8) is 0 Å². The van der Waals surface area contributed by atoms with Gasteiger partial charge in [-0.25, -0.2) is 4.98 Å². The molecule has 3 nitrogen and oxygen atoms in total. The van der Waals surface area contributed by atoms with Crippen molar-refractivity contribution in [3.05, 3.63) is 46.5 Å². The summed E-state index contributed by atoms with van der Waals surface area (Å²) in [5, 5.41) is 3.26. The highest BCUT2D eigenvalue weighted by atomic mass is 32.1. The van der Waals surface area contributed by atoms with Crippen LogP contribution in [-0.4, -0.2) is 10.9 Å². The molecule has 1 aliphatic carbocycles. The summed E-state index contributed by atoms with van der Waals surface area (Å²) in [7, 11) is 0. The van der Waals surface area contributed by atoms with E-state index in [1.54, 1.807) is 12.3 Å². The number of rotatable bonds is 4. The van der Waals surface area contributed by atoms with E-state index in [4.69, 9.17) is 0 Å². The number of carbonyl (C=O) groups excluding carboxylic acids is 1. The first-order valence-electron chi connectivity index (χ1n) is 7.24. The quantitative estimate of drug-likeness (QED) is 0.899. The summed E-state index contributed by atoms with van der Waals surface area (Å²) < 4.78 is 38.1. The van der Waals surface area contributed by atoms with Gasteiger partial charge in [-0.2, -0.15) is 13.2 Å². The van der Waals surface area contributed by atoms with Gasteiger partial charge in [0.25, 0.3) is 0 Å². The van der Waals surface area contributed by atoms with Crippen LogP contribution in [0.4, 0.5) is 18.3 Å². The van der Waals surface area contributed by atoms with Crippen molar-refractivity contribution in [1.82, 2.24) is 4.98 Å². The highest BCUT2D eigenvalue weighted by molar-refractivity contribution is 7.15. The summed E-state index contributed by atoms with van der Waals surface area (Å²) in [5.41, 5.74) is -0.0899. The van der Waals surface area contributed by atoms with Crippen LogP contribution < -0.4 is 5.32 Å². The Morgan fingerprint density at radius 1 is 1.43 bits per heavy atom. The molecule has 2 atom stereocenters. The molecule has 0 bridgehead atoms. The minimum absolute atomic E-state index is 0.0301. The highest BCUT2D eigenvalue weighted by Gasteiger charge is 2.39. The summed E-state index contributed by atoms with van der Waals surface area (Å²) in [6.45, 7) is 2.02. The largest absolute Gasteiger partial charge is 0.416 e. The second-order valence-corrected chi connectivity index (χ2v) is 6.93. The molecular formula is C16H15F3N2OS. The molecule has 1 amide bonds. The predicted molar refractivity (Wildman–Crippen MR) is 82.3 cm³/mol. The first-order chi connectivity index (χ1) is 10.8. The monoisotopic (exact) mass is 340 g/mol. The van der Waals surface area contributed by atoms with Gasteiger partial charge in [0.15, 0.2) is 5.13 Å². The molecule has 23 heavy (non-hydrogen) atoms. The molecule has 7 heteroatoms. The van der Waals surface area contributed by atoms with Crippen LogP contribution >= 0.6 is 11.3 Å². The lowest BCUT2D eigenvalue weighted by Crippen LogP contribution is -2.13. The lowest BCUT2D eigenvalue weighted by atomic mass is 10.1. The third-order valence-electron chi connectivity index (χ3n) is 3.86. The Kier molecular flexibility index (Phi) is 4.14. The number of hydrogen-bond acceptors (Lipinski definition) is 3. The summed E-state index contributed by atoms with van der Waals surface area (Å²) in [5.74, 6) is 0.447. The first-order valence-corrected chi connectivity index (χ1v) is 8.06. The molecule has 1 heterocycles. The van der Waals surface area contributed by atoms with Crippen molar-refractivity contribution in [2.45, 2.75) is 25.9 Å². The SMILES string of the molecule is CC1CC1C(=O)Nc1ncc(Cc2cccc(C(F)(F)F)c2)s1. The molecule has 0 aliphatic heterocycles. The average molecular weight is 340 g/mol. The van der Waals surface area contributed by atoms with E-state index in [1.807, 2.05) is 6.92 Å². The van der Waals surface area contributed by atoms with Crippen LogP contribution in [0.1, 0.15) is 29.3 Å². The standard InChI is InChI=1S/C16H15F3N2OS/c1-9-5-13(9)14(22)21-15-20-8-12(23-15)7-10-3-2-4-11(6-10)16(17,18)19/h2-4,6,8-9,13H,5,7H2,1H3,(H,20,21,22). The van der Waals surface area contributed by atoms with E-state index in [0.717, 1.165) is 23.4 Å². The smallest absolute Gasteiger partial charge is 0.302 e. The fourth-order valence-corrected chi connectivity index (χ4v) is 3.24. The summed E-state index contributed by atoms with van der Waals surface area (Å²) >= 11 is 1.29. The number of nitrogens with zero attached hydrogens (tertiary/aromatic N) is 1. The summed E-state index contributed by atoms with van der Waals surface area (Å²) in [6, 6.07) is 5.25. The van der Waals surface area contributed by atoms with E-state index in [0.29, 0.717) is 23.0 Å². The maximum Gasteiger partial charge on any atom is 0.416 e. The van der Waals surface area contributed by atoms with Gasteiger partial charge in [-0.1, -0.05) is 25.1 Å². The van der Waals surface area contributed by atoms with Gasteiger partial charge in [0.05, 0.1) is 5.56 Å². The fourth-order valence-electron chi connectivity index (χ4n) is 2.39. The van der Waals surface area contributed by atoms with E-state index in [2.05, 4.69) is 10.3 Å². The number of carbonyl (C=O) groups is 1. The van der Waals surface area contributed by atoms with E-state index >= 15 is 0 Å². The van der Waals surface area contributed by atoms with Crippen molar-refractivity contribution in [2.75, 3.05) is 5.32 Å². The van der Waals surface area contributed by atoms with E-state index in [-0.39, 0.29) is 11.8 Å². The minimum atomic E-state index is -4.34. The molecule has 1 aromatic heterocycles. The average Bonchev–Trinajstić information content (AvgIpc) is 3.05. The van der Waals surface area contributed by atoms with Crippen molar-refractivity contribution in [1.29, 1.82) is 0 Å². The Bertz CT molecular complexity index is 726. The molecule has 0 radical (unpaired) electrons. The number of hydrogen-bond donors (Lipinski definition) is 1. The number of aromatic nitrogens is 1. The number of nitrogens with one attached hydrogen (secondary N) is 1. The highest BCUT2D eigenvalue weighted by Crippen LogP contribution is 2.38. The number of thiazole rings is 1. The molecule has 1 aromatic carbocycles. The zero-order valence-corrected chi connectivity index (χ0v) is 13.2. The second-order valence-electron chi connectivity index (χ2n) is 5.82. The number of benzene rings is 1. The van der Waals surface area contributed by atoms with Crippen LogP contribution in [0.2, 0.25) is 0 Å².